The van der Waals surface area contributed by atoms with Crippen molar-refractivity contribution >= 4 is 49.6 Å². The van der Waals surface area contributed by atoms with E-state index in [-0.39, 0.29) is 0 Å². The minimum atomic E-state index is 1.07. The Morgan fingerprint density at radius 1 is 0.258 bits per heavy atom. The second kappa shape index (κ2) is 16.8. The molecule has 310 valence electrons. The van der Waals surface area contributed by atoms with Crippen LogP contribution in [0.1, 0.15) is 0 Å². The fourth-order valence-electron chi connectivity index (χ4n) is 9.92. The third-order valence-corrected chi connectivity index (χ3v) is 13.0. The second-order valence-electron chi connectivity index (χ2n) is 16.9. The standard InChI is InChI=1S/C64H44N2/c1-3-19-47(20-4-1)55-28-9-13-33-60(55)65(52-26-17-25-50(43-52)45-37-39-49(40-38-45)54-32-18-24-46-23-7-8-27-53(46)54)64-42-41-51(44-59(64)48-21-5-2-6-22-48)56-29-10-14-34-61(56)66-62-35-15-11-30-57(62)58-31-12-16-36-63(58)66/h1-44H. The van der Waals surface area contributed by atoms with Gasteiger partial charge in [0.15, 0.2) is 0 Å². The molecule has 0 aliphatic rings. The Kier molecular flexibility index (Phi) is 9.89. The molecule has 1 heterocycles. The molecule has 0 N–H and O–H groups in total. The van der Waals surface area contributed by atoms with Crippen LogP contribution >= 0.6 is 0 Å². The van der Waals surface area contributed by atoms with Gasteiger partial charge in [-0.25, -0.2) is 0 Å². The molecule has 66 heavy (non-hydrogen) atoms. The Bertz CT molecular complexity index is 3640. The van der Waals surface area contributed by atoms with Gasteiger partial charge in [0.2, 0.25) is 0 Å². The first-order valence-electron chi connectivity index (χ1n) is 22.7. The summed E-state index contributed by atoms with van der Waals surface area (Å²) < 4.78 is 2.43. The number of benzene rings is 11. The highest BCUT2D eigenvalue weighted by Gasteiger charge is 2.23. The van der Waals surface area contributed by atoms with Crippen LogP contribution in [0.25, 0.3) is 93.9 Å². The molecule has 0 aliphatic heterocycles. The van der Waals surface area contributed by atoms with Crippen LogP contribution in [0.15, 0.2) is 267 Å². The summed E-state index contributed by atoms with van der Waals surface area (Å²) in [6.45, 7) is 0. The Balaban J connectivity index is 1.04. The molecule has 0 spiro atoms. The zero-order valence-electron chi connectivity index (χ0n) is 36.3. The number of nitrogens with zero attached hydrogens (tertiary/aromatic N) is 2. The number of anilines is 3. The van der Waals surface area contributed by atoms with Gasteiger partial charge in [0.05, 0.1) is 28.1 Å². The van der Waals surface area contributed by atoms with Gasteiger partial charge in [0.1, 0.15) is 0 Å². The zero-order valence-corrected chi connectivity index (χ0v) is 36.3. The lowest BCUT2D eigenvalue weighted by molar-refractivity contribution is 1.18. The molecule has 0 saturated carbocycles. The van der Waals surface area contributed by atoms with Crippen LogP contribution in [-0.2, 0) is 0 Å². The first-order chi connectivity index (χ1) is 32.8. The molecule has 1 aromatic heterocycles. The maximum absolute atomic E-state index is 2.46. The third-order valence-electron chi connectivity index (χ3n) is 13.0. The number of rotatable bonds is 9. The molecule has 12 rings (SSSR count). The Hall–Kier alpha value is -8.72. The predicted molar refractivity (Wildman–Crippen MR) is 280 cm³/mol. The van der Waals surface area contributed by atoms with Gasteiger partial charge in [-0.2, -0.15) is 0 Å². The minimum Gasteiger partial charge on any atom is -0.309 e. The van der Waals surface area contributed by atoms with E-state index in [0.29, 0.717) is 0 Å². The monoisotopic (exact) mass is 840 g/mol. The molecule has 0 atom stereocenters. The van der Waals surface area contributed by atoms with E-state index < -0.39 is 0 Å². The van der Waals surface area contributed by atoms with Gasteiger partial charge in [0, 0.05) is 33.2 Å². The third kappa shape index (κ3) is 6.93. The highest BCUT2D eigenvalue weighted by atomic mass is 15.1. The predicted octanol–water partition coefficient (Wildman–Crippen LogP) is 17.7. The van der Waals surface area contributed by atoms with Crippen LogP contribution in [0.4, 0.5) is 17.1 Å². The Morgan fingerprint density at radius 2 is 0.742 bits per heavy atom. The van der Waals surface area contributed by atoms with Crippen LogP contribution in [0.2, 0.25) is 0 Å². The van der Waals surface area contributed by atoms with Gasteiger partial charge >= 0.3 is 0 Å². The summed E-state index contributed by atoms with van der Waals surface area (Å²) in [5.41, 5.74) is 18.5. The smallest absolute Gasteiger partial charge is 0.0541 e. The first-order valence-corrected chi connectivity index (χ1v) is 22.7. The van der Waals surface area contributed by atoms with Crippen molar-refractivity contribution in [2.75, 3.05) is 4.90 Å². The number of para-hydroxylation sites is 4. The number of fused-ring (bicyclic) bond motifs is 4. The summed E-state index contributed by atoms with van der Waals surface area (Å²) in [5, 5.41) is 5.01. The first kappa shape index (κ1) is 38.9. The highest BCUT2D eigenvalue weighted by molar-refractivity contribution is 6.10. The summed E-state index contributed by atoms with van der Waals surface area (Å²) in [5.74, 6) is 0. The van der Waals surface area contributed by atoms with Crippen molar-refractivity contribution in [1.82, 2.24) is 4.57 Å². The normalized spacial score (nSPS) is 11.3. The van der Waals surface area contributed by atoms with Crippen LogP contribution in [0.3, 0.4) is 0 Å². The molecule has 0 fully saturated rings. The highest BCUT2D eigenvalue weighted by Crippen LogP contribution is 2.47. The van der Waals surface area contributed by atoms with Crippen molar-refractivity contribution < 1.29 is 0 Å². The van der Waals surface area contributed by atoms with E-state index in [1.165, 1.54) is 43.7 Å². The van der Waals surface area contributed by atoms with Crippen LogP contribution in [-0.4, -0.2) is 4.57 Å². The molecule has 0 bridgehead atoms. The molecule has 0 radical (unpaired) electrons. The van der Waals surface area contributed by atoms with Crippen LogP contribution in [0, 0.1) is 0 Å². The van der Waals surface area contributed by atoms with Crippen molar-refractivity contribution in [3.05, 3.63) is 267 Å². The maximum atomic E-state index is 2.46. The lowest BCUT2D eigenvalue weighted by Crippen LogP contribution is -2.13. The summed E-state index contributed by atoms with van der Waals surface area (Å²) >= 11 is 0. The molecule has 0 saturated heterocycles. The average molecular weight is 841 g/mol. The largest absolute Gasteiger partial charge is 0.309 e. The van der Waals surface area contributed by atoms with Crippen molar-refractivity contribution in [3.63, 3.8) is 0 Å². The van der Waals surface area contributed by atoms with E-state index in [4.69, 9.17) is 0 Å². The number of hydrogen-bond donors (Lipinski definition) is 0. The molecule has 0 aliphatic carbocycles. The summed E-state index contributed by atoms with van der Waals surface area (Å²) in [6, 6.07) is 97.0. The van der Waals surface area contributed by atoms with Crippen molar-refractivity contribution in [3.8, 4) is 61.3 Å². The summed E-state index contributed by atoms with van der Waals surface area (Å²) in [7, 11) is 0. The molecule has 2 heteroatoms. The van der Waals surface area contributed by atoms with E-state index in [1.807, 2.05) is 0 Å². The van der Waals surface area contributed by atoms with Gasteiger partial charge in [0.25, 0.3) is 0 Å². The Morgan fingerprint density at radius 3 is 1.48 bits per heavy atom. The SMILES string of the molecule is c1ccc(-c2ccccc2N(c2cccc(-c3ccc(-c4cccc5ccccc45)cc3)c2)c2ccc(-c3ccccc3-n3c4ccccc4c4ccccc43)cc2-c2ccccc2)cc1. The van der Waals surface area contributed by atoms with Gasteiger partial charge in [-0.1, -0.05) is 218 Å². The van der Waals surface area contributed by atoms with E-state index in [0.717, 1.165) is 67.3 Å². The van der Waals surface area contributed by atoms with Crippen molar-refractivity contribution in [2.24, 2.45) is 0 Å². The van der Waals surface area contributed by atoms with E-state index in [9.17, 15) is 0 Å². The fraction of sp³-hybridized carbons (Fsp3) is 0. The summed E-state index contributed by atoms with van der Waals surface area (Å²) in [6.07, 6.45) is 0. The van der Waals surface area contributed by atoms with E-state index >= 15 is 0 Å². The van der Waals surface area contributed by atoms with E-state index in [1.54, 1.807) is 0 Å². The quantitative estimate of drug-likeness (QED) is 0.141. The number of aromatic nitrogens is 1. The van der Waals surface area contributed by atoms with Crippen molar-refractivity contribution in [2.45, 2.75) is 0 Å². The lowest BCUT2D eigenvalue weighted by atomic mass is 9.94. The lowest BCUT2D eigenvalue weighted by Gasteiger charge is -2.30. The molecule has 2 nitrogen and oxygen atoms in total. The van der Waals surface area contributed by atoms with Gasteiger partial charge in [-0.15, -0.1) is 0 Å². The van der Waals surface area contributed by atoms with Crippen LogP contribution < -0.4 is 4.90 Å². The Labute approximate surface area is 385 Å². The minimum absolute atomic E-state index is 1.07. The van der Waals surface area contributed by atoms with Gasteiger partial charge in [-0.3, -0.25) is 0 Å². The molecule has 0 unspecified atom stereocenters. The fourth-order valence-corrected chi connectivity index (χ4v) is 9.92. The van der Waals surface area contributed by atoms with Gasteiger partial charge in [-0.05, 0) is 98.2 Å². The maximum Gasteiger partial charge on any atom is 0.0541 e. The molecular formula is C64H44N2. The molecule has 0 amide bonds. The second-order valence-corrected chi connectivity index (χ2v) is 16.9. The molecular weight excluding hydrogens is 797 g/mol. The number of hydrogen-bond acceptors (Lipinski definition) is 1. The molecule has 12 aromatic rings. The van der Waals surface area contributed by atoms with Crippen molar-refractivity contribution in [1.29, 1.82) is 0 Å². The zero-order chi connectivity index (χ0) is 43.8. The summed E-state index contributed by atoms with van der Waals surface area (Å²) in [4.78, 5) is 2.46. The average Bonchev–Trinajstić information content (AvgIpc) is 3.74. The van der Waals surface area contributed by atoms with E-state index in [2.05, 4.69) is 276 Å². The topological polar surface area (TPSA) is 8.17 Å². The molecule has 11 aromatic carbocycles. The van der Waals surface area contributed by atoms with Gasteiger partial charge < -0.3 is 9.47 Å². The van der Waals surface area contributed by atoms with Crippen LogP contribution in [0.5, 0.6) is 0 Å².